The average molecular weight is 263 g/mol. The summed E-state index contributed by atoms with van der Waals surface area (Å²) in [6.45, 7) is 2.06. The van der Waals surface area contributed by atoms with Crippen LogP contribution < -0.4 is 0 Å². The number of carboxylic acids is 1. The van der Waals surface area contributed by atoms with Crippen LogP contribution in [0, 0.1) is 6.92 Å². The fourth-order valence-corrected chi connectivity index (χ4v) is 2.95. The smallest absolute Gasteiger partial charge is 0.303 e. The maximum absolute atomic E-state index is 10.3. The van der Waals surface area contributed by atoms with E-state index in [1.165, 1.54) is 10.4 Å². The van der Waals surface area contributed by atoms with Crippen LogP contribution in [0.1, 0.15) is 23.3 Å². The fraction of sp³-hybridized carbons (Fsp3) is 0.444. The Kier molecular flexibility index (Phi) is 3.93. The first-order chi connectivity index (χ1) is 6.09. The van der Waals surface area contributed by atoms with Gasteiger partial charge in [0.05, 0.1) is 3.79 Å². The molecule has 1 N–H and O–H groups in total. The van der Waals surface area contributed by atoms with E-state index in [2.05, 4.69) is 28.9 Å². The summed E-state index contributed by atoms with van der Waals surface area (Å²) in [7, 11) is 0. The van der Waals surface area contributed by atoms with Crippen molar-refractivity contribution in [1.82, 2.24) is 0 Å². The van der Waals surface area contributed by atoms with Crippen LogP contribution in [0.4, 0.5) is 0 Å². The molecule has 0 fully saturated rings. The van der Waals surface area contributed by atoms with Crippen molar-refractivity contribution in [2.24, 2.45) is 0 Å². The second-order valence-electron chi connectivity index (χ2n) is 2.88. The van der Waals surface area contributed by atoms with E-state index in [1.54, 1.807) is 11.3 Å². The highest BCUT2D eigenvalue weighted by atomic mass is 79.9. The Bertz CT molecular complexity index is 307. The van der Waals surface area contributed by atoms with Crippen molar-refractivity contribution in [2.45, 2.75) is 26.2 Å². The maximum Gasteiger partial charge on any atom is 0.303 e. The standard InChI is InChI=1S/C9H11BrO2S/c1-6-7(5-8(10)13-6)3-2-4-9(11)12/h5H,2-4H2,1H3,(H,11,12). The van der Waals surface area contributed by atoms with Crippen LogP contribution in [0.25, 0.3) is 0 Å². The monoisotopic (exact) mass is 262 g/mol. The van der Waals surface area contributed by atoms with Crippen molar-refractivity contribution in [1.29, 1.82) is 0 Å². The zero-order chi connectivity index (χ0) is 9.84. The molecule has 1 aromatic heterocycles. The summed E-state index contributed by atoms with van der Waals surface area (Å²) in [6, 6.07) is 2.07. The van der Waals surface area contributed by atoms with Crippen molar-refractivity contribution < 1.29 is 9.90 Å². The van der Waals surface area contributed by atoms with Crippen molar-refractivity contribution in [3.8, 4) is 0 Å². The summed E-state index contributed by atoms with van der Waals surface area (Å²) in [5.41, 5.74) is 1.26. The molecular weight excluding hydrogens is 252 g/mol. The molecule has 0 unspecified atom stereocenters. The number of halogens is 1. The quantitative estimate of drug-likeness (QED) is 0.905. The molecule has 0 saturated heterocycles. The van der Waals surface area contributed by atoms with Crippen LogP contribution >= 0.6 is 27.3 Å². The van der Waals surface area contributed by atoms with Crippen LogP contribution in [0.3, 0.4) is 0 Å². The highest BCUT2D eigenvalue weighted by Crippen LogP contribution is 2.27. The van der Waals surface area contributed by atoms with Gasteiger partial charge in [0.15, 0.2) is 0 Å². The van der Waals surface area contributed by atoms with Crippen molar-refractivity contribution in [3.63, 3.8) is 0 Å². The molecule has 0 saturated carbocycles. The van der Waals surface area contributed by atoms with Crippen LogP contribution in [-0.2, 0) is 11.2 Å². The second-order valence-corrected chi connectivity index (χ2v) is 5.51. The summed E-state index contributed by atoms with van der Waals surface area (Å²) in [4.78, 5) is 11.5. The third kappa shape index (κ3) is 3.48. The summed E-state index contributed by atoms with van der Waals surface area (Å²) in [6.07, 6.45) is 1.84. The van der Waals surface area contributed by atoms with Gasteiger partial charge in [0, 0.05) is 11.3 Å². The lowest BCUT2D eigenvalue weighted by Gasteiger charge is -1.96. The third-order valence-corrected chi connectivity index (χ3v) is 3.42. The second kappa shape index (κ2) is 4.77. The number of hydrogen-bond donors (Lipinski definition) is 1. The zero-order valence-electron chi connectivity index (χ0n) is 7.34. The van der Waals surface area contributed by atoms with Gasteiger partial charge in [-0.1, -0.05) is 0 Å². The molecule has 0 aliphatic heterocycles. The van der Waals surface area contributed by atoms with Crippen molar-refractivity contribution >= 4 is 33.2 Å². The molecule has 2 nitrogen and oxygen atoms in total. The lowest BCUT2D eigenvalue weighted by molar-refractivity contribution is -0.137. The molecule has 13 heavy (non-hydrogen) atoms. The number of carbonyl (C=O) groups is 1. The molecule has 0 aliphatic carbocycles. The number of carboxylic acid groups (broad SMARTS) is 1. The van der Waals surface area contributed by atoms with Gasteiger partial charge in [-0.2, -0.15) is 0 Å². The first-order valence-electron chi connectivity index (χ1n) is 4.06. The van der Waals surface area contributed by atoms with E-state index in [-0.39, 0.29) is 6.42 Å². The number of hydrogen-bond acceptors (Lipinski definition) is 2. The van der Waals surface area contributed by atoms with Crippen LogP contribution in [-0.4, -0.2) is 11.1 Å². The van der Waals surface area contributed by atoms with Gasteiger partial charge in [0.25, 0.3) is 0 Å². The van der Waals surface area contributed by atoms with E-state index in [9.17, 15) is 4.79 Å². The Morgan fingerprint density at radius 3 is 2.85 bits per heavy atom. The van der Waals surface area contributed by atoms with Gasteiger partial charge >= 0.3 is 5.97 Å². The summed E-state index contributed by atoms with van der Waals surface area (Å²) in [5, 5.41) is 8.46. The normalized spacial score (nSPS) is 10.3. The molecule has 0 aromatic carbocycles. The SMILES string of the molecule is Cc1sc(Br)cc1CCCC(=O)O. The largest absolute Gasteiger partial charge is 0.481 e. The molecule has 72 valence electrons. The number of aryl methyl sites for hydroxylation is 2. The lowest BCUT2D eigenvalue weighted by atomic mass is 10.1. The van der Waals surface area contributed by atoms with E-state index in [1.807, 2.05) is 0 Å². The lowest BCUT2D eigenvalue weighted by Crippen LogP contribution is -1.95. The Hall–Kier alpha value is -0.350. The highest BCUT2D eigenvalue weighted by Gasteiger charge is 2.04. The van der Waals surface area contributed by atoms with E-state index in [0.717, 1.165) is 16.6 Å². The van der Waals surface area contributed by atoms with E-state index < -0.39 is 5.97 Å². The molecule has 4 heteroatoms. The molecule has 1 rings (SSSR count). The minimum absolute atomic E-state index is 0.257. The predicted molar refractivity (Wildman–Crippen MR) is 57.3 cm³/mol. The first kappa shape index (κ1) is 10.7. The number of rotatable bonds is 4. The highest BCUT2D eigenvalue weighted by molar-refractivity contribution is 9.11. The van der Waals surface area contributed by atoms with Gasteiger partial charge < -0.3 is 5.11 Å². The third-order valence-electron chi connectivity index (χ3n) is 1.83. The molecule has 1 heterocycles. The fourth-order valence-electron chi connectivity index (χ4n) is 1.16. The van der Waals surface area contributed by atoms with Crippen molar-refractivity contribution in [2.75, 3.05) is 0 Å². The Balaban J connectivity index is 2.45. The number of thiophene rings is 1. The Morgan fingerprint density at radius 2 is 2.38 bits per heavy atom. The molecule has 0 atom stereocenters. The van der Waals surface area contributed by atoms with Gasteiger partial charge in [0.2, 0.25) is 0 Å². The van der Waals surface area contributed by atoms with Gasteiger partial charge in [0.1, 0.15) is 0 Å². The molecule has 0 bridgehead atoms. The van der Waals surface area contributed by atoms with Gasteiger partial charge in [-0.15, -0.1) is 11.3 Å². The Labute approximate surface area is 89.7 Å². The van der Waals surface area contributed by atoms with Crippen LogP contribution in [0.2, 0.25) is 0 Å². The topological polar surface area (TPSA) is 37.3 Å². The van der Waals surface area contributed by atoms with Crippen molar-refractivity contribution in [3.05, 3.63) is 20.3 Å². The predicted octanol–water partition coefficient (Wildman–Crippen LogP) is 3.23. The zero-order valence-corrected chi connectivity index (χ0v) is 9.74. The summed E-state index contributed by atoms with van der Waals surface area (Å²) < 4.78 is 1.12. The van der Waals surface area contributed by atoms with Gasteiger partial charge in [-0.3, -0.25) is 4.79 Å². The molecule has 0 amide bonds. The number of aliphatic carboxylic acids is 1. The average Bonchev–Trinajstić information content (AvgIpc) is 2.29. The van der Waals surface area contributed by atoms with Gasteiger partial charge in [-0.05, 0) is 47.3 Å². The minimum atomic E-state index is -0.716. The molecule has 0 spiro atoms. The molecule has 1 aromatic rings. The molecule has 0 radical (unpaired) electrons. The molecular formula is C9H11BrO2S. The van der Waals surface area contributed by atoms with E-state index >= 15 is 0 Å². The first-order valence-corrected chi connectivity index (χ1v) is 5.67. The van der Waals surface area contributed by atoms with E-state index in [4.69, 9.17) is 5.11 Å². The summed E-state index contributed by atoms with van der Waals surface area (Å²) >= 11 is 5.10. The van der Waals surface area contributed by atoms with Crippen LogP contribution in [0.15, 0.2) is 9.85 Å². The van der Waals surface area contributed by atoms with Crippen LogP contribution in [0.5, 0.6) is 0 Å². The van der Waals surface area contributed by atoms with E-state index in [0.29, 0.717) is 0 Å². The minimum Gasteiger partial charge on any atom is -0.481 e. The Morgan fingerprint density at radius 1 is 1.69 bits per heavy atom. The molecule has 0 aliphatic rings. The van der Waals surface area contributed by atoms with Gasteiger partial charge in [-0.25, -0.2) is 0 Å². The maximum atomic E-state index is 10.3. The summed E-state index contributed by atoms with van der Waals surface area (Å²) in [5.74, 6) is -0.716.